The second-order valence-electron chi connectivity index (χ2n) is 13.5. The molecule has 0 amide bonds. The minimum atomic E-state index is -3.24. The highest BCUT2D eigenvalue weighted by Crippen LogP contribution is 2.61. The van der Waals surface area contributed by atoms with Crippen LogP contribution in [0.25, 0.3) is 0 Å². The largest absolute Gasteiger partial charge is 0.497 e. The lowest BCUT2D eigenvalue weighted by Crippen LogP contribution is -2.51. The average Bonchev–Trinajstić information content (AvgIpc) is 3.53. The molecule has 1 aliphatic rings. The predicted molar refractivity (Wildman–Crippen MR) is 203 cm³/mol. The molecule has 12 nitrogen and oxygen atoms in total. The van der Waals surface area contributed by atoms with Gasteiger partial charge in [-0.25, -0.2) is 9.46 Å². The van der Waals surface area contributed by atoms with Crippen LogP contribution >= 0.6 is 7.29 Å². The van der Waals surface area contributed by atoms with Gasteiger partial charge in [0.2, 0.25) is 0 Å². The number of rotatable bonds is 16. The summed E-state index contributed by atoms with van der Waals surface area (Å²) in [5, 5.41) is 9.79. The number of nitrogens with one attached hydrogen (secondary N) is 1. The van der Waals surface area contributed by atoms with Crippen molar-refractivity contribution in [1.82, 2.24) is 14.2 Å². The van der Waals surface area contributed by atoms with Gasteiger partial charge in [-0.2, -0.15) is 5.26 Å². The topological polar surface area (TPSA) is 145 Å². The summed E-state index contributed by atoms with van der Waals surface area (Å²) in [4.78, 5) is 27.6. The van der Waals surface area contributed by atoms with Crippen LogP contribution in [-0.2, 0) is 24.4 Å². The standard InChI is InChI=1S/C40H49N4O8P/c1-27(2)53(47,28(3)4)44(24-11-23-41)36-34(52-38(37(36)50-7)43-25-22-35(45)42-39(43)46)26-51-40(29-12-9-8-10-13-29,30-14-18-32(48-5)19-15-30)31-16-20-33(49-6)21-17-31/h8-10,12-22,25,27-28,34,36-38H,11,24,26H2,1-7H3,(H,42,45,46)/t34-,36+,37+,38+/m0/s1. The molecule has 13 heteroatoms. The number of hydrogen-bond donors (Lipinski definition) is 1. The molecule has 0 saturated carbocycles. The molecule has 53 heavy (non-hydrogen) atoms. The summed E-state index contributed by atoms with van der Waals surface area (Å²) < 4.78 is 49.7. The normalized spacial score (nSPS) is 19.1. The summed E-state index contributed by atoms with van der Waals surface area (Å²) in [6, 6.07) is 27.8. The van der Waals surface area contributed by atoms with Crippen LogP contribution < -0.4 is 20.7 Å². The number of H-pyrrole nitrogens is 1. The molecule has 1 saturated heterocycles. The van der Waals surface area contributed by atoms with Crippen LogP contribution in [-0.4, -0.2) is 78.3 Å². The van der Waals surface area contributed by atoms with Crippen LogP contribution in [0.2, 0.25) is 0 Å². The summed E-state index contributed by atoms with van der Waals surface area (Å²) in [6.07, 6.45) is -1.27. The zero-order chi connectivity index (χ0) is 38.3. The van der Waals surface area contributed by atoms with Crippen LogP contribution in [0.1, 0.15) is 57.0 Å². The molecule has 4 aromatic rings. The van der Waals surface area contributed by atoms with Crippen molar-refractivity contribution in [1.29, 1.82) is 5.26 Å². The van der Waals surface area contributed by atoms with Gasteiger partial charge < -0.3 is 28.2 Å². The smallest absolute Gasteiger partial charge is 0.330 e. The van der Waals surface area contributed by atoms with Gasteiger partial charge in [0.25, 0.3) is 5.56 Å². The summed E-state index contributed by atoms with van der Waals surface area (Å²) in [7, 11) is 1.49. The molecule has 3 aromatic carbocycles. The Bertz CT molecular complexity index is 1950. The monoisotopic (exact) mass is 744 g/mol. The van der Waals surface area contributed by atoms with Crippen molar-refractivity contribution in [3.05, 3.63) is 129 Å². The van der Waals surface area contributed by atoms with Crippen molar-refractivity contribution in [3.63, 3.8) is 0 Å². The average molecular weight is 745 g/mol. The Morgan fingerprint density at radius 2 is 1.42 bits per heavy atom. The Balaban J connectivity index is 1.73. The van der Waals surface area contributed by atoms with Crippen molar-refractivity contribution in [2.45, 2.75) is 75.5 Å². The maximum absolute atomic E-state index is 15.3. The van der Waals surface area contributed by atoms with E-state index >= 15 is 4.57 Å². The van der Waals surface area contributed by atoms with E-state index in [1.807, 2.05) is 111 Å². The molecule has 5 rings (SSSR count). The highest BCUT2D eigenvalue weighted by atomic mass is 31.2. The maximum atomic E-state index is 15.3. The number of aromatic nitrogens is 2. The summed E-state index contributed by atoms with van der Waals surface area (Å²) >= 11 is 0. The van der Waals surface area contributed by atoms with Crippen molar-refractivity contribution in [2.24, 2.45) is 0 Å². The first-order chi connectivity index (χ1) is 25.5. The molecule has 1 N–H and O–H groups in total. The van der Waals surface area contributed by atoms with Crippen LogP contribution in [0.15, 0.2) is 101 Å². The van der Waals surface area contributed by atoms with Crippen molar-refractivity contribution in [2.75, 3.05) is 34.5 Å². The summed E-state index contributed by atoms with van der Waals surface area (Å²) in [5.41, 5.74) is -0.567. The van der Waals surface area contributed by atoms with E-state index in [-0.39, 0.29) is 30.9 Å². The van der Waals surface area contributed by atoms with Gasteiger partial charge in [0.1, 0.15) is 29.3 Å². The number of benzene rings is 3. The van der Waals surface area contributed by atoms with E-state index < -0.39 is 48.6 Å². The molecule has 1 fully saturated rings. The molecule has 0 radical (unpaired) electrons. The van der Waals surface area contributed by atoms with Crippen molar-refractivity contribution >= 4 is 7.29 Å². The number of hydrogen-bond acceptors (Lipinski definition) is 9. The van der Waals surface area contributed by atoms with E-state index in [0.29, 0.717) is 11.5 Å². The van der Waals surface area contributed by atoms with Gasteiger partial charge in [-0.1, -0.05) is 82.3 Å². The summed E-state index contributed by atoms with van der Waals surface area (Å²) in [6.45, 7) is 7.78. The van der Waals surface area contributed by atoms with Gasteiger partial charge in [-0.15, -0.1) is 0 Å². The van der Waals surface area contributed by atoms with E-state index in [9.17, 15) is 14.9 Å². The van der Waals surface area contributed by atoms with E-state index in [4.69, 9.17) is 23.7 Å². The Morgan fingerprint density at radius 1 is 0.868 bits per heavy atom. The number of aromatic amines is 1. The van der Waals surface area contributed by atoms with Gasteiger partial charge in [-0.05, 0) is 41.0 Å². The number of ether oxygens (including phenoxy) is 5. The Hall–Kier alpha value is -4.50. The second kappa shape index (κ2) is 17.1. The minimum Gasteiger partial charge on any atom is -0.497 e. The molecule has 0 spiro atoms. The van der Waals surface area contributed by atoms with E-state index in [2.05, 4.69) is 11.1 Å². The molecule has 0 aliphatic carbocycles. The lowest BCUT2D eigenvalue weighted by molar-refractivity contribution is -0.0930. The van der Waals surface area contributed by atoms with E-state index in [1.165, 1.54) is 23.9 Å². The Morgan fingerprint density at radius 3 is 1.89 bits per heavy atom. The fourth-order valence-electron chi connectivity index (χ4n) is 7.47. The Labute approximate surface area is 310 Å². The zero-order valence-electron chi connectivity index (χ0n) is 31.3. The minimum absolute atomic E-state index is 0.0642. The van der Waals surface area contributed by atoms with E-state index in [1.54, 1.807) is 14.2 Å². The lowest BCUT2D eigenvalue weighted by Gasteiger charge is -2.44. The van der Waals surface area contributed by atoms with Crippen LogP contribution in [0.3, 0.4) is 0 Å². The van der Waals surface area contributed by atoms with Gasteiger partial charge in [0.05, 0.1) is 32.9 Å². The number of nitriles is 1. The zero-order valence-corrected chi connectivity index (χ0v) is 32.2. The number of nitrogens with zero attached hydrogens (tertiary/aromatic N) is 3. The first-order valence-electron chi connectivity index (χ1n) is 17.7. The van der Waals surface area contributed by atoms with Gasteiger partial charge in [-0.3, -0.25) is 14.3 Å². The third-order valence-corrected chi connectivity index (χ3v) is 14.3. The third kappa shape index (κ3) is 7.77. The molecule has 4 atom stereocenters. The van der Waals surface area contributed by atoms with Crippen LogP contribution in [0.5, 0.6) is 11.5 Å². The molecule has 1 aromatic heterocycles. The highest BCUT2D eigenvalue weighted by molar-refractivity contribution is 7.62. The lowest BCUT2D eigenvalue weighted by atomic mass is 9.80. The maximum Gasteiger partial charge on any atom is 0.330 e. The van der Waals surface area contributed by atoms with Crippen LogP contribution in [0.4, 0.5) is 0 Å². The van der Waals surface area contributed by atoms with Crippen molar-refractivity contribution in [3.8, 4) is 17.6 Å². The number of methoxy groups -OCH3 is 3. The van der Waals surface area contributed by atoms with E-state index in [0.717, 1.165) is 16.7 Å². The quantitative estimate of drug-likeness (QED) is 0.105. The first kappa shape index (κ1) is 39.7. The van der Waals surface area contributed by atoms with Gasteiger partial charge in [0, 0.05) is 43.7 Å². The molecular weight excluding hydrogens is 695 g/mol. The molecule has 2 heterocycles. The molecule has 0 unspecified atom stereocenters. The fourth-order valence-corrected chi connectivity index (χ4v) is 11.0. The Kier molecular flexibility index (Phi) is 12.8. The predicted octanol–water partition coefficient (Wildman–Crippen LogP) is 6.15. The molecule has 0 bridgehead atoms. The molecular formula is C40H49N4O8P. The highest BCUT2D eigenvalue weighted by Gasteiger charge is 2.55. The van der Waals surface area contributed by atoms with Crippen molar-refractivity contribution < 1.29 is 28.2 Å². The van der Waals surface area contributed by atoms with Crippen LogP contribution in [0, 0.1) is 11.3 Å². The molecule has 282 valence electrons. The molecule has 1 aliphatic heterocycles. The van der Waals surface area contributed by atoms with Gasteiger partial charge >= 0.3 is 5.69 Å². The van der Waals surface area contributed by atoms with Gasteiger partial charge in [0.15, 0.2) is 13.5 Å². The third-order valence-electron chi connectivity index (χ3n) is 10.0. The fraction of sp³-hybridized carbons (Fsp3) is 0.425. The summed E-state index contributed by atoms with van der Waals surface area (Å²) in [5.74, 6) is 1.35. The SMILES string of the molecule is COc1ccc(C(OC[C@@H]2O[C@@H](n3ccc(=O)[nH]c3=O)[C@H](OC)[C@@H]2N(CCC#N)P(=O)(C(C)C)C(C)C)(c2ccccc2)c2ccc(OC)cc2)cc1. The second-order valence-corrected chi connectivity index (χ2v) is 17.4. The first-order valence-corrected chi connectivity index (χ1v) is 19.5.